The molecule has 2 atom stereocenters. The van der Waals surface area contributed by atoms with Gasteiger partial charge in [0.15, 0.2) is 0 Å². The maximum Gasteiger partial charge on any atom is 0.134 e. The molecule has 0 bridgehead atoms. The second-order valence-corrected chi connectivity index (χ2v) is 8.67. The van der Waals surface area contributed by atoms with Crippen molar-refractivity contribution in [3.05, 3.63) is 74.9 Å². The molecule has 0 saturated heterocycles. The van der Waals surface area contributed by atoms with Crippen LogP contribution in [0.15, 0.2) is 48.7 Å². The van der Waals surface area contributed by atoms with Crippen molar-refractivity contribution in [2.24, 2.45) is 5.92 Å². The van der Waals surface area contributed by atoms with Gasteiger partial charge in [0.1, 0.15) is 4.33 Å². The monoisotopic (exact) mass is 419 g/mol. The van der Waals surface area contributed by atoms with E-state index in [4.69, 9.17) is 58.0 Å². The number of hydrogen-bond acceptors (Lipinski definition) is 1. The summed E-state index contributed by atoms with van der Waals surface area (Å²) >= 11 is 31.2. The average Bonchev–Trinajstić information content (AvgIpc) is 3.05. The summed E-state index contributed by atoms with van der Waals surface area (Å²) in [5.74, 6) is -0.267. The van der Waals surface area contributed by atoms with Crippen molar-refractivity contribution in [1.29, 1.82) is 0 Å². The lowest BCUT2D eigenvalue weighted by Gasteiger charge is -2.11. The second-order valence-electron chi connectivity index (χ2n) is 5.95. The molecule has 0 radical (unpaired) electrons. The normalized spacial score (nSPS) is 21.4. The van der Waals surface area contributed by atoms with E-state index in [1.807, 2.05) is 37.3 Å². The van der Waals surface area contributed by atoms with Gasteiger partial charge in [0.25, 0.3) is 0 Å². The van der Waals surface area contributed by atoms with Gasteiger partial charge in [-0.15, -0.1) is 23.2 Å². The summed E-state index contributed by atoms with van der Waals surface area (Å²) < 4.78 is -0.945. The van der Waals surface area contributed by atoms with E-state index in [0.29, 0.717) is 15.1 Å². The molecule has 1 fully saturated rings. The molecule has 3 rings (SSSR count). The van der Waals surface area contributed by atoms with E-state index in [1.54, 1.807) is 6.07 Å². The molecule has 2 aromatic rings. The first kappa shape index (κ1) is 18.2. The zero-order valence-corrected chi connectivity index (χ0v) is 16.5. The summed E-state index contributed by atoms with van der Waals surface area (Å²) in [7, 11) is 0. The summed E-state index contributed by atoms with van der Waals surface area (Å²) in [4.78, 5) is 0. The minimum absolute atomic E-state index is 0.120. The lowest BCUT2D eigenvalue weighted by Crippen LogP contribution is -2.04. The molecule has 24 heavy (non-hydrogen) atoms. The van der Waals surface area contributed by atoms with E-state index in [9.17, 15) is 0 Å². The molecule has 2 aromatic carbocycles. The molecule has 2 unspecified atom stereocenters. The van der Waals surface area contributed by atoms with E-state index in [1.165, 1.54) is 0 Å². The Labute approximate surface area is 166 Å². The Morgan fingerprint density at radius 2 is 1.67 bits per heavy atom. The first-order chi connectivity index (χ1) is 11.2. The minimum Gasteiger partial charge on any atom is -0.359 e. The summed E-state index contributed by atoms with van der Waals surface area (Å²) in [6.45, 7) is 6.04. The third-order valence-electron chi connectivity index (χ3n) is 4.14. The Hall–Kier alpha value is -0.570. The number of nitrogens with one attached hydrogen (secondary N) is 1. The Kier molecular flexibility index (Phi) is 5.03. The highest BCUT2D eigenvalue weighted by atomic mass is 35.5. The summed E-state index contributed by atoms with van der Waals surface area (Å²) in [5, 5.41) is 5.09. The number of halogens is 5. The fourth-order valence-corrected chi connectivity index (χ4v) is 4.47. The van der Waals surface area contributed by atoms with Gasteiger partial charge in [0.2, 0.25) is 0 Å². The van der Waals surface area contributed by atoms with Crippen LogP contribution in [-0.2, 0) is 0 Å². The van der Waals surface area contributed by atoms with Gasteiger partial charge in [0.05, 0.1) is 0 Å². The van der Waals surface area contributed by atoms with E-state index in [2.05, 4.69) is 11.9 Å². The molecule has 0 heterocycles. The van der Waals surface area contributed by atoms with E-state index in [0.717, 1.165) is 22.5 Å². The first-order valence-corrected chi connectivity index (χ1v) is 9.15. The van der Waals surface area contributed by atoms with E-state index >= 15 is 0 Å². The average molecular weight is 422 g/mol. The minimum atomic E-state index is -0.945. The van der Waals surface area contributed by atoms with Crippen molar-refractivity contribution in [1.82, 2.24) is 0 Å². The van der Waals surface area contributed by atoms with Gasteiger partial charge in [-0.05, 0) is 54.4 Å². The van der Waals surface area contributed by atoms with Crippen LogP contribution in [0.3, 0.4) is 0 Å². The van der Waals surface area contributed by atoms with E-state index < -0.39 is 4.33 Å². The number of aryl methyl sites for hydroxylation is 1. The lowest BCUT2D eigenvalue weighted by atomic mass is 10.1. The Morgan fingerprint density at radius 1 is 1.04 bits per heavy atom. The number of hydrogen-bond donors (Lipinski definition) is 1. The van der Waals surface area contributed by atoms with Crippen molar-refractivity contribution >= 4 is 63.7 Å². The quantitative estimate of drug-likeness (QED) is 0.505. The maximum absolute atomic E-state index is 6.49. The van der Waals surface area contributed by atoms with Crippen molar-refractivity contribution in [2.75, 3.05) is 5.32 Å². The largest absolute Gasteiger partial charge is 0.359 e. The van der Waals surface area contributed by atoms with Gasteiger partial charge in [-0.25, -0.2) is 0 Å². The van der Waals surface area contributed by atoms with Gasteiger partial charge in [-0.1, -0.05) is 41.4 Å². The predicted molar refractivity (Wildman–Crippen MR) is 106 cm³/mol. The van der Waals surface area contributed by atoms with Gasteiger partial charge >= 0.3 is 0 Å². The molecule has 1 aliphatic carbocycles. The topological polar surface area (TPSA) is 12.0 Å². The standard InChI is InChI=1S/C18H14Cl5N/c1-9-5-14(3-4-15(9)21)24-10(2)16-17(18(16,22)23)11-6-12(19)8-13(20)7-11/h3-8,16-17,24H,2H2,1H3. The molecule has 0 amide bonds. The zero-order chi connectivity index (χ0) is 17.6. The lowest BCUT2D eigenvalue weighted by molar-refractivity contribution is 0.947. The summed E-state index contributed by atoms with van der Waals surface area (Å²) in [6, 6.07) is 11.0. The fourth-order valence-electron chi connectivity index (χ4n) is 2.92. The number of benzene rings is 2. The third kappa shape index (κ3) is 3.52. The molecule has 0 aliphatic heterocycles. The molecule has 1 aliphatic rings. The Morgan fingerprint density at radius 3 is 2.25 bits per heavy atom. The van der Waals surface area contributed by atoms with Crippen molar-refractivity contribution in [3.63, 3.8) is 0 Å². The van der Waals surface area contributed by atoms with Crippen LogP contribution in [0.2, 0.25) is 15.1 Å². The van der Waals surface area contributed by atoms with Gasteiger partial charge < -0.3 is 5.32 Å². The van der Waals surface area contributed by atoms with Gasteiger partial charge in [-0.3, -0.25) is 0 Å². The third-order valence-corrected chi connectivity index (χ3v) is 5.94. The highest BCUT2D eigenvalue weighted by Crippen LogP contribution is 2.67. The zero-order valence-electron chi connectivity index (χ0n) is 12.7. The Balaban J connectivity index is 1.81. The molecular formula is C18H14Cl5N. The highest BCUT2D eigenvalue weighted by molar-refractivity contribution is 6.52. The predicted octanol–water partition coefficient (Wildman–Crippen LogP) is 7.47. The van der Waals surface area contributed by atoms with Crippen molar-refractivity contribution in [2.45, 2.75) is 17.2 Å². The number of anilines is 1. The van der Waals surface area contributed by atoms with Crippen LogP contribution in [0, 0.1) is 12.8 Å². The van der Waals surface area contributed by atoms with Crippen LogP contribution in [-0.4, -0.2) is 4.33 Å². The van der Waals surface area contributed by atoms with Crippen LogP contribution in [0.5, 0.6) is 0 Å². The van der Waals surface area contributed by atoms with Crippen molar-refractivity contribution < 1.29 is 0 Å². The molecular weight excluding hydrogens is 407 g/mol. The SMILES string of the molecule is C=C(Nc1ccc(Cl)c(C)c1)C1C(c2cc(Cl)cc(Cl)c2)C1(Cl)Cl. The molecule has 1 N–H and O–H groups in total. The van der Waals surface area contributed by atoms with Gasteiger partial charge in [-0.2, -0.15) is 0 Å². The first-order valence-electron chi connectivity index (χ1n) is 7.26. The summed E-state index contributed by atoms with van der Waals surface area (Å²) in [5.41, 5.74) is 3.51. The Bertz CT molecular complexity index is 795. The number of allylic oxidation sites excluding steroid dienone is 1. The molecule has 1 nitrogen and oxygen atoms in total. The van der Waals surface area contributed by atoms with Crippen LogP contribution >= 0.6 is 58.0 Å². The molecule has 1 saturated carbocycles. The highest BCUT2D eigenvalue weighted by Gasteiger charge is 2.65. The fraction of sp³-hybridized carbons (Fsp3) is 0.222. The van der Waals surface area contributed by atoms with Crippen LogP contribution in [0.1, 0.15) is 17.0 Å². The van der Waals surface area contributed by atoms with Crippen LogP contribution in [0.25, 0.3) is 0 Å². The molecule has 0 spiro atoms. The molecule has 0 aromatic heterocycles. The molecule has 6 heteroatoms. The summed E-state index contributed by atoms with van der Waals surface area (Å²) in [6.07, 6.45) is 0. The van der Waals surface area contributed by atoms with Crippen molar-refractivity contribution in [3.8, 4) is 0 Å². The number of rotatable bonds is 4. The van der Waals surface area contributed by atoms with Gasteiger partial charge in [0, 0.05) is 38.3 Å². The molecule has 126 valence electrons. The van der Waals surface area contributed by atoms with Crippen LogP contribution < -0.4 is 5.32 Å². The smallest absolute Gasteiger partial charge is 0.134 e. The maximum atomic E-state index is 6.49. The van der Waals surface area contributed by atoms with Crippen LogP contribution in [0.4, 0.5) is 5.69 Å². The van der Waals surface area contributed by atoms with E-state index in [-0.39, 0.29) is 11.8 Å². The second kappa shape index (κ2) is 6.63. The number of alkyl halides is 2.